The Bertz CT molecular complexity index is 903. The molecule has 0 atom stereocenters. The van der Waals surface area contributed by atoms with E-state index < -0.39 is 0 Å². The highest BCUT2D eigenvalue weighted by Gasteiger charge is 2.18. The first-order chi connectivity index (χ1) is 10.8. The second kappa shape index (κ2) is 4.84. The van der Waals surface area contributed by atoms with Crippen LogP contribution in [0.4, 0.5) is 5.69 Å². The zero-order chi connectivity index (χ0) is 15.1. The molecular formula is C18H14N2O2. The molecule has 0 aliphatic carbocycles. The second-order valence-corrected chi connectivity index (χ2v) is 5.31. The van der Waals surface area contributed by atoms with Crippen LogP contribution in [0, 0.1) is 0 Å². The van der Waals surface area contributed by atoms with Gasteiger partial charge in [0.1, 0.15) is 11.3 Å². The van der Waals surface area contributed by atoms with Gasteiger partial charge < -0.3 is 10.1 Å². The zero-order valence-corrected chi connectivity index (χ0v) is 12.1. The van der Waals surface area contributed by atoms with E-state index in [4.69, 9.17) is 4.74 Å². The molecule has 0 fully saturated rings. The van der Waals surface area contributed by atoms with Crippen molar-refractivity contribution in [1.29, 1.82) is 0 Å². The third-order valence-corrected chi connectivity index (χ3v) is 3.99. The SMILES string of the molecule is COc1ccc(-c2ccc3c(c2)CC(=O)N3)c2cccnc12. The van der Waals surface area contributed by atoms with E-state index >= 15 is 0 Å². The molecule has 0 saturated carbocycles. The lowest BCUT2D eigenvalue weighted by Gasteiger charge is -2.11. The fourth-order valence-electron chi connectivity index (χ4n) is 2.96. The number of fused-ring (bicyclic) bond motifs is 2. The topological polar surface area (TPSA) is 51.2 Å². The van der Waals surface area contributed by atoms with E-state index in [1.807, 2.05) is 36.4 Å². The summed E-state index contributed by atoms with van der Waals surface area (Å²) < 4.78 is 5.39. The van der Waals surface area contributed by atoms with E-state index in [0.717, 1.165) is 39.0 Å². The van der Waals surface area contributed by atoms with Crippen LogP contribution in [-0.2, 0) is 11.2 Å². The van der Waals surface area contributed by atoms with Crippen molar-refractivity contribution >= 4 is 22.5 Å². The smallest absolute Gasteiger partial charge is 0.228 e. The molecule has 0 saturated heterocycles. The van der Waals surface area contributed by atoms with Gasteiger partial charge in [-0.3, -0.25) is 9.78 Å². The van der Waals surface area contributed by atoms with Crippen LogP contribution in [0.2, 0.25) is 0 Å². The van der Waals surface area contributed by atoms with Crippen LogP contribution in [0.3, 0.4) is 0 Å². The molecule has 3 aromatic rings. The average molecular weight is 290 g/mol. The first-order valence-electron chi connectivity index (χ1n) is 7.11. The minimum Gasteiger partial charge on any atom is -0.494 e. The van der Waals surface area contributed by atoms with Crippen LogP contribution >= 0.6 is 0 Å². The van der Waals surface area contributed by atoms with E-state index in [-0.39, 0.29) is 5.91 Å². The Morgan fingerprint density at radius 3 is 2.95 bits per heavy atom. The summed E-state index contributed by atoms with van der Waals surface area (Å²) in [6, 6.07) is 14.0. The van der Waals surface area contributed by atoms with Gasteiger partial charge in [-0.15, -0.1) is 0 Å². The quantitative estimate of drug-likeness (QED) is 0.787. The summed E-state index contributed by atoms with van der Waals surface area (Å²) >= 11 is 0. The lowest BCUT2D eigenvalue weighted by atomic mass is 9.97. The van der Waals surface area contributed by atoms with Crippen molar-refractivity contribution in [2.45, 2.75) is 6.42 Å². The Morgan fingerprint density at radius 1 is 1.18 bits per heavy atom. The molecule has 0 radical (unpaired) electrons. The summed E-state index contributed by atoms with van der Waals surface area (Å²) in [4.78, 5) is 15.9. The van der Waals surface area contributed by atoms with E-state index in [0.29, 0.717) is 6.42 Å². The van der Waals surface area contributed by atoms with Gasteiger partial charge in [0, 0.05) is 17.3 Å². The number of nitrogens with one attached hydrogen (secondary N) is 1. The number of hydrogen-bond donors (Lipinski definition) is 1. The monoisotopic (exact) mass is 290 g/mol. The van der Waals surface area contributed by atoms with Gasteiger partial charge in [0.25, 0.3) is 0 Å². The molecule has 1 amide bonds. The number of hydrogen-bond acceptors (Lipinski definition) is 3. The molecule has 0 unspecified atom stereocenters. The minimum atomic E-state index is 0.0494. The Labute approximate surface area is 127 Å². The maximum absolute atomic E-state index is 11.5. The van der Waals surface area contributed by atoms with E-state index in [2.05, 4.69) is 16.4 Å². The predicted molar refractivity (Wildman–Crippen MR) is 86.1 cm³/mol. The number of benzene rings is 2. The van der Waals surface area contributed by atoms with E-state index in [1.165, 1.54) is 0 Å². The van der Waals surface area contributed by atoms with E-state index in [9.17, 15) is 4.79 Å². The summed E-state index contributed by atoms with van der Waals surface area (Å²) in [6.07, 6.45) is 2.20. The van der Waals surface area contributed by atoms with Crippen molar-refractivity contribution in [3.8, 4) is 16.9 Å². The lowest BCUT2D eigenvalue weighted by molar-refractivity contribution is -0.115. The van der Waals surface area contributed by atoms with Crippen LogP contribution in [0.25, 0.3) is 22.0 Å². The van der Waals surface area contributed by atoms with Crippen LogP contribution in [-0.4, -0.2) is 18.0 Å². The van der Waals surface area contributed by atoms with Gasteiger partial charge in [-0.2, -0.15) is 0 Å². The molecule has 1 N–H and O–H groups in total. The molecule has 4 heteroatoms. The summed E-state index contributed by atoms with van der Waals surface area (Å²) in [7, 11) is 1.65. The van der Waals surface area contributed by atoms with Crippen molar-refractivity contribution in [1.82, 2.24) is 4.98 Å². The molecule has 22 heavy (non-hydrogen) atoms. The fourth-order valence-corrected chi connectivity index (χ4v) is 2.96. The first kappa shape index (κ1) is 12.8. The van der Waals surface area contributed by atoms with Gasteiger partial charge in [0.15, 0.2) is 0 Å². The van der Waals surface area contributed by atoms with Crippen LogP contribution < -0.4 is 10.1 Å². The second-order valence-electron chi connectivity index (χ2n) is 5.31. The molecule has 0 bridgehead atoms. The molecule has 1 aromatic heterocycles. The van der Waals surface area contributed by atoms with Crippen molar-refractivity contribution in [2.24, 2.45) is 0 Å². The van der Waals surface area contributed by atoms with Crippen molar-refractivity contribution < 1.29 is 9.53 Å². The number of nitrogens with zero attached hydrogens (tertiary/aromatic N) is 1. The third kappa shape index (κ3) is 1.92. The number of rotatable bonds is 2. The first-order valence-corrected chi connectivity index (χ1v) is 7.11. The number of carbonyl (C=O) groups is 1. The number of amides is 1. The Kier molecular flexibility index (Phi) is 2.82. The summed E-state index contributed by atoms with van der Waals surface area (Å²) in [5, 5.41) is 3.90. The van der Waals surface area contributed by atoms with Crippen LogP contribution in [0.15, 0.2) is 48.7 Å². The Hall–Kier alpha value is -2.88. The van der Waals surface area contributed by atoms with Crippen molar-refractivity contribution in [2.75, 3.05) is 12.4 Å². The lowest BCUT2D eigenvalue weighted by Crippen LogP contribution is -2.03. The summed E-state index contributed by atoms with van der Waals surface area (Å²) in [6.45, 7) is 0. The molecule has 0 spiro atoms. The number of methoxy groups -OCH3 is 1. The average Bonchev–Trinajstić information content (AvgIpc) is 2.93. The molecule has 1 aliphatic heterocycles. The van der Waals surface area contributed by atoms with Crippen molar-refractivity contribution in [3.63, 3.8) is 0 Å². The van der Waals surface area contributed by atoms with Gasteiger partial charge in [-0.1, -0.05) is 12.1 Å². The largest absolute Gasteiger partial charge is 0.494 e. The van der Waals surface area contributed by atoms with Crippen LogP contribution in [0.5, 0.6) is 5.75 Å². The molecule has 2 aromatic carbocycles. The Balaban J connectivity index is 1.92. The zero-order valence-electron chi connectivity index (χ0n) is 12.1. The minimum absolute atomic E-state index is 0.0494. The van der Waals surface area contributed by atoms with Gasteiger partial charge in [-0.25, -0.2) is 0 Å². The highest BCUT2D eigenvalue weighted by Crippen LogP contribution is 2.35. The fraction of sp³-hybridized carbons (Fsp3) is 0.111. The molecule has 4 rings (SSSR count). The number of ether oxygens (including phenoxy) is 1. The highest BCUT2D eigenvalue weighted by molar-refractivity contribution is 6.01. The van der Waals surface area contributed by atoms with Gasteiger partial charge in [0.05, 0.1) is 13.5 Å². The standard InChI is InChI=1S/C18H14N2O2/c1-22-16-7-5-13(14-3-2-8-19-18(14)16)11-4-6-15-12(9-11)10-17(21)20-15/h2-9H,10H2,1H3,(H,20,21). The molecular weight excluding hydrogens is 276 g/mol. The summed E-state index contributed by atoms with van der Waals surface area (Å²) in [5.74, 6) is 0.811. The van der Waals surface area contributed by atoms with E-state index in [1.54, 1.807) is 13.3 Å². The maximum Gasteiger partial charge on any atom is 0.228 e. The molecule has 1 aliphatic rings. The number of carbonyl (C=O) groups excluding carboxylic acids is 1. The molecule has 108 valence electrons. The molecule has 2 heterocycles. The number of anilines is 1. The van der Waals surface area contributed by atoms with Gasteiger partial charge >= 0.3 is 0 Å². The van der Waals surface area contributed by atoms with Gasteiger partial charge in [0.2, 0.25) is 5.91 Å². The summed E-state index contributed by atoms with van der Waals surface area (Å²) in [5.41, 5.74) is 4.96. The normalized spacial score (nSPS) is 13.0. The molecule has 4 nitrogen and oxygen atoms in total. The Morgan fingerprint density at radius 2 is 2.09 bits per heavy atom. The van der Waals surface area contributed by atoms with Crippen molar-refractivity contribution in [3.05, 3.63) is 54.2 Å². The number of pyridine rings is 1. The maximum atomic E-state index is 11.5. The highest BCUT2D eigenvalue weighted by atomic mass is 16.5. The van der Waals surface area contributed by atoms with Crippen LogP contribution in [0.1, 0.15) is 5.56 Å². The third-order valence-electron chi connectivity index (χ3n) is 3.99. The number of aromatic nitrogens is 1. The predicted octanol–water partition coefficient (Wildman–Crippen LogP) is 3.41. The van der Waals surface area contributed by atoms with Gasteiger partial charge in [-0.05, 0) is 47.0 Å².